The van der Waals surface area contributed by atoms with E-state index in [-0.39, 0.29) is 6.10 Å². The molecular weight excluding hydrogens is 270 g/mol. The minimum Gasteiger partial charge on any atom is -0.497 e. The summed E-state index contributed by atoms with van der Waals surface area (Å²) in [6.45, 7) is 5.20. The van der Waals surface area contributed by atoms with Crippen molar-refractivity contribution in [1.82, 2.24) is 4.90 Å². The zero-order valence-corrected chi connectivity index (χ0v) is 13.0. The third-order valence-electron chi connectivity index (χ3n) is 3.76. The number of ether oxygens (including phenoxy) is 3. The Bertz CT molecular complexity index is 452. The molecule has 2 unspecified atom stereocenters. The largest absolute Gasteiger partial charge is 0.497 e. The number of aliphatic hydroxyl groups is 1. The normalized spacial score (nSPS) is 21.6. The van der Waals surface area contributed by atoms with Gasteiger partial charge < -0.3 is 19.3 Å². The first-order valence-electron chi connectivity index (χ1n) is 7.38. The van der Waals surface area contributed by atoms with Gasteiger partial charge >= 0.3 is 0 Å². The molecule has 0 saturated carbocycles. The van der Waals surface area contributed by atoms with E-state index >= 15 is 0 Å². The van der Waals surface area contributed by atoms with Gasteiger partial charge in [0, 0.05) is 31.8 Å². The molecule has 118 valence electrons. The van der Waals surface area contributed by atoms with Crippen LogP contribution in [0.4, 0.5) is 0 Å². The number of rotatable bonds is 5. The van der Waals surface area contributed by atoms with Gasteiger partial charge in [0.15, 0.2) is 0 Å². The summed E-state index contributed by atoms with van der Waals surface area (Å²) < 4.78 is 16.2. The Morgan fingerprint density at radius 2 is 2.19 bits per heavy atom. The van der Waals surface area contributed by atoms with Crippen LogP contribution in [0.25, 0.3) is 0 Å². The third-order valence-corrected chi connectivity index (χ3v) is 3.76. The second-order valence-corrected chi connectivity index (χ2v) is 5.42. The van der Waals surface area contributed by atoms with Crippen LogP contribution < -0.4 is 9.47 Å². The highest BCUT2D eigenvalue weighted by atomic mass is 16.5. The van der Waals surface area contributed by atoms with E-state index < -0.39 is 6.10 Å². The predicted octanol–water partition coefficient (Wildman–Crippen LogP) is 1.85. The molecule has 2 atom stereocenters. The van der Waals surface area contributed by atoms with Gasteiger partial charge in [-0.25, -0.2) is 0 Å². The van der Waals surface area contributed by atoms with Crippen LogP contribution in [0.3, 0.4) is 0 Å². The summed E-state index contributed by atoms with van der Waals surface area (Å²) in [5.41, 5.74) is 0.759. The highest BCUT2D eigenvalue weighted by Gasteiger charge is 2.21. The van der Waals surface area contributed by atoms with E-state index in [1.165, 1.54) is 0 Å². The Morgan fingerprint density at radius 3 is 2.90 bits per heavy atom. The van der Waals surface area contributed by atoms with E-state index in [4.69, 9.17) is 14.2 Å². The lowest BCUT2D eigenvalue weighted by Gasteiger charge is -2.25. The SMILES string of the molecule is COc1ccc(OC)c(C(O)CN2CCCOC(C)C2)c1. The lowest BCUT2D eigenvalue weighted by molar-refractivity contribution is 0.0558. The molecule has 0 amide bonds. The van der Waals surface area contributed by atoms with Crippen LogP contribution in [-0.4, -0.2) is 56.6 Å². The molecule has 0 spiro atoms. The van der Waals surface area contributed by atoms with Gasteiger partial charge in [-0.1, -0.05) is 0 Å². The molecule has 1 aromatic carbocycles. The molecule has 0 aliphatic carbocycles. The Labute approximate surface area is 126 Å². The number of aliphatic hydroxyl groups excluding tert-OH is 1. The maximum atomic E-state index is 10.6. The first-order valence-corrected chi connectivity index (χ1v) is 7.38. The van der Waals surface area contributed by atoms with E-state index in [0.717, 1.165) is 37.4 Å². The van der Waals surface area contributed by atoms with E-state index in [9.17, 15) is 5.11 Å². The fourth-order valence-electron chi connectivity index (χ4n) is 2.69. The fourth-order valence-corrected chi connectivity index (χ4v) is 2.69. The Morgan fingerprint density at radius 1 is 1.38 bits per heavy atom. The van der Waals surface area contributed by atoms with Gasteiger partial charge in [0.2, 0.25) is 0 Å². The van der Waals surface area contributed by atoms with E-state index in [0.29, 0.717) is 12.3 Å². The van der Waals surface area contributed by atoms with E-state index in [1.807, 2.05) is 18.2 Å². The average molecular weight is 295 g/mol. The highest BCUT2D eigenvalue weighted by molar-refractivity contribution is 5.41. The molecule has 21 heavy (non-hydrogen) atoms. The van der Waals surface area contributed by atoms with Crippen LogP contribution >= 0.6 is 0 Å². The molecular formula is C16H25NO4. The molecule has 2 rings (SSSR count). The van der Waals surface area contributed by atoms with Gasteiger partial charge in [-0.3, -0.25) is 4.90 Å². The zero-order valence-electron chi connectivity index (χ0n) is 13.0. The number of nitrogens with zero attached hydrogens (tertiary/aromatic N) is 1. The quantitative estimate of drug-likeness (QED) is 0.898. The molecule has 0 bridgehead atoms. The van der Waals surface area contributed by atoms with Crippen molar-refractivity contribution < 1.29 is 19.3 Å². The summed E-state index contributed by atoms with van der Waals surface area (Å²) in [6.07, 6.45) is 0.582. The number of hydrogen-bond acceptors (Lipinski definition) is 5. The predicted molar refractivity (Wildman–Crippen MR) is 81.0 cm³/mol. The summed E-state index contributed by atoms with van der Waals surface area (Å²) in [5.74, 6) is 1.40. The molecule has 0 radical (unpaired) electrons. The molecule has 1 fully saturated rings. The molecule has 0 aromatic heterocycles. The van der Waals surface area contributed by atoms with E-state index in [1.54, 1.807) is 14.2 Å². The Balaban J connectivity index is 2.09. The van der Waals surface area contributed by atoms with Crippen LogP contribution in [0.5, 0.6) is 11.5 Å². The molecule has 1 heterocycles. The van der Waals surface area contributed by atoms with Gasteiger partial charge in [0.25, 0.3) is 0 Å². The number of β-amino-alcohol motifs (C(OH)–C–C–N with tert-alkyl or cyclic N) is 1. The number of methoxy groups -OCH3 is 2. The number of benzene rings is 1. The van der Waals surface area contributed by atoms with Crippen LogP contribution in [-0.2, 0) is 4.74 Å². The average Bonchev–Trinajstić information content (AvgIpc) is 2.70. The number of hydrogen-bond donors (Lipinski definition) is 1. The van der Waals surface area contributed by atoms with Gasteiger partial charge in [0.05, 0.1) is 26.4 Å². The van der Waals surface area contributed by atoms with Crippen molar-refractivity contribution in [3.8, 4) is 11.5 Å². The lowest BCUT2D eigenvalue weighted by atomic mass is 10.1. The van der Waals surface area contributed by atoms with Crippen molar-refractivity contribution in [2.24, 2.45) is 0 Å². The standard InChI is InChI=1S/C16H25NO4/c1-12-10-17(7-4-8-21-12)11-15(18)14-9-13(19-2)5-6-16(14)20-3/h5-6,9,12,15,18H,4,7-8,10-11H2,1-3H3. The second kappa shape index (κ2) is 7.64. The lowest BCUT2D eigenvalue weighted by Crippen LogP contribution is -2.34. The monoisotopic (exact) mass is 295 g/mol. The van der Waals surface area contributed by atoms with Crippen molar-refractivity contribution >= 4 is 0 Å². The van der Waals surface area contributed by atoms with Crippen LogP contribution in [0.1, 0.15) is 25.0 Å². The summed E-state index contributed by atoms with van der Waals surface area (Å²) in [7, 11) is 3.23. The van der Waals surface area contributed by atoms with Crippen molar-refractivity contribution in [3.05, 3.63) is 23.8 Å². The maximum absolute atomic E-state index is 10.6. The van der Waals surface area contributed by atoms with Crippen molar-refractivity contribution in [3.63, 3.8) is 0 Å². The molecule has 1 aliphatic rings. The molecule has 1 saturated heterocycles. The van der Waals surface area contributed by atoms with Crippen LogP contribution in [0, 0.1) is 0 Å². The molecule has 5 nitrogen and oxygen atoms in total. The molecule has 5 heteroatoms. The van der Waals surface area contributed by atoms with Crippen LogP contribution in [0.2, 0.25) is 0 Å². The van der Waals surface area contributed by atoms with Crippen LogP contribution in [0.15, 0.2) is 18.2 Å². The minimum atomic E-state index is -0.611. The fraction of sp³-hybridized carbons (Fsp3) is 0.625. The third kappa shape index (κ3) is 4.33. The van der Waals surface area contributed by atoms with Crippen molar-refractivity contribution in [1.29, 1.82) is 0 Å². The van der Waals surface area contributed by atoms with Crippen molar-refractivity contribution in [2.75, 3.05) is 40.5 Å². The van der Waals surface area contributed by atoms with Gasteiger partial charge in [-0.05, 0) is 31.5 Å². The summed E-state index contributed by atoms with van der Waals surface area (Å²) >= 11 is 0. The smallest absolute Gasteiger partial charge is 0.124 e. The summed E-state index contributed by atoms with van der Waals surface area (Å²) in [6, 6.07) is 5.49. The van der Waals surface area contributed by atoms with E-state index in [2.05, 4.69) is 11.8 Å². The van der Waals surface area contributed by atoms with Gasteiger partial charge in [-0.15, -0.1) is 0 Å². The molecule has 1 aliphatic heterocycles. The Hall–Kier alpha value is -1.30. The van der Waals surface area contributed by atoms with Crippen molar-refractivity contribution in [2.45, 2.75) is 25.6 Å². The molecule has 1 aromatic rings. The van der Waals surface area contributed by atoms with Gasteiger partial charge in [-0.2, -0.15) is 0 Å². The molecule has 1 N–H and O–H groups in total. The van der Waals surface area contributed by atoms with Gasteiger partial charge in [0.1, 0.15) is 11.5 Å². The summed E-state index contributed by atoms with van der Waals surface area (Å²) in [5, 5.41) is 10.6. The summed E-state index contributed by atoms with van der Waals surface area (Å²) in [4.78, 5) is 2.24. The Kier molecular flexibility index (Phi) is 5.85. The second-order valence-electron chi connectivity index (χ2n) is 5.42. The maximum Gasteiger partial charge on any atom is 0.124 e. The topological polar surface area (TPSA) is 51.2 Å². The first kappa shape index (κ1) is 16.1. The first-order chi connectivity index (χ1) is 10.1. The highest BCUT2D eigenvalue weighted by Crippen LogP contribution is 2.30. The zero-order chi connectivity index (χ0) is 15.2. The minimum absolute atomic E-state index is 0.201.